The molecule has 0 radical (unpaired) electrons. The molecule has 0 saturated carbocycles. The number of benzene rings is 1. The Morgan fingerprint density at radius 1 is 1.33 bits per heavy atom. The highest BCUT2D eigenvalue weighted by Gasteiger charge is 2.01. The van der Waals surface area contributed by atoms with Crippen molar-refractivity contribution in [3.05, 3.63) is 29.8 Å². The highest BCUT2D eigenvalue weighted by molar-refractivity contribution is 5.45. The summed E-state index contributed by atoms with van der Waals surface area (Å²) >= 11 is 0. The molecule has 0 aliphatic rings. The summed E-state index contributed by atoms with van der Waals surface area (Å²) in [6, 6.07) is 7.60. The van der Waals surface area contributed by atoms with Crippen molar-refractivity contribution in [2.24, 2.45) is 5.92 Å². The lowest BCUT2D eigenvalue weighted by molar-refractivity contribution is 0.270. The summed E-state index contributed by atoms with van der Waals surface area (Å²) in [7, 11) is 0. The van der Waals surface area contributed by atoms with Crippen molar-refractivity contribution >= 4 is 0 Å². The van der Waals surface area contributed by atoms with Gasteiger partial charge in [0.2, 0.25) is 0 Å². The second-order valence-corrected chi connectivity index (χ2v) is 3.66. The van der Waals surface area contributed by atoms with Gasteiger partial charge in [-0.25, -0.2) is 0 Å². The second kappa shape index (κ2) is 6.10. The van der Waals surface area contributed by atoms with Gasteiger partial charge in [-0.15, -0.1) is 0 Å². The van der Waals surface area contributed by atoms with E-state index >= 15 is 0 Å². The zero-order chi connectivity index (χ0) is 11.1. The summed E-state index contributed by atoms with van der Waals surface area (Å²) < 4.78 is 5.61. The molecule has 2 nitrogen and oxygen atoms in total. The van der Waals surface area contributed by atoms with E-state index in [0.717, 1.165) is 11.3 Å². The molecule has 0 bridgehead atoms. The molecular weight excluding hydrogens is 188 g/mol. The molecule has 1 rings (SSSR count). The highest BCUT2D eigenvalue weighted by atomic mass is 16.5. The maximum absolute atomic E-state index is 8.62. The van der Waals surface area contributed by atoms with Gasteiger partial charge in [0, 0.05) is 0 Å². The first-order valence-corrected chi connectivity index (χ1v) is 5.05. The lowest BCUT2D eigenvalue weighted by Gasteiger charge is -2.09. The number of aliphatic hydroxyl groups is 1. The van der Waals surface area contributed by atoms with Gasteiger partial charge < -0.3 is 9.84 Å². The fraction of sp³-hybridized carbons (Fsp3) is 0.385. The van der Waals surface area contributed by atoms with E-state index in [0.29, 0.717) is 12.5 Å². The fourth-order valence-corrected chi connectivity index (χ4v) is 1.09. The minimum absolute atomic E-state index is 0.126. The Labute approximate surface area is 90.9 Å². The Morgan fingerprint density at radius 3 is 2.73 bits per heavy atom. The number of para-hydroxylation sites is 1. The van der Waals surface area contributed by atoms with E-state index in [1.54, 1.807) is 0 Å². The lowest BCUT2D eigenvalue weighted by Crippen LogP contribution is -2.05. The maximum atomic E-state index is 8.62. The average molecular weight is 204 g/mol. The predicted molar refractivity (Wildman–Crippen MR) is 60.7 cm³/mol. The Morgan fingerprint density at radius 2 is 2.07 bits per heavy atom. The third-order valence-electron chi connectivity index (χ3n) is 1.76. The summed E-state index contributed by atoms with van der Waals surface area (Å²) in [6.45, 7) is 4.75. The summed E-state index contributed by atoms with van der Waals surface area (Å²) in [4.78, 5) is 0. The summed E-state index contributed by atoms with van der Waals surface area (Å²) in [6.07, 6.45) is 0. The van der Waals surface area contributed by atoms with E-state index < -0.39 is 0 Å². The van der Waals surface area contributed by atoms with Crippen LogP contribution >= 0.6 is 0 Å². The van der Waals surface area contributed by atoms with Crippen molar-refractivity contribution in [3.63, 3.8) is 0 Å². The van der Waals surface area contributed by atoms with Crippen molar-refractivity contribution in [2.45, 2.75) is 13.8 Å². The number of ether oxygens (including phenoxy) is 1. The first kappa shape index (κ1) is 11.6. The van der Waals surface area contributed by atoms with Crippen LogP contribution in [0, 0.1) is 17.8 Å². The Bertz CT molecular complexity index is 358. The van der Waals surface area contributed by atoms with E-state index in [9.17, 15) is 0 Å². The molecular formula is C13H16O2. The summed E-state index contributed by atoms with van der Waals surface area (Å²) in [5.74, 6) is 6.75. The van der Waals surface area contributed by atoms with Crippen molar-refractivity contribution in [2.75, 3.05) is 13.2 Å². The molecule has 1 aromatic carbocycles. The van der Waals surface area contributed by atoms with Crippen LogP contribution in [0.4, 0.5) is 0 Å². The molecule has 0 fully saturated rings. The van der Waals surface area contributed by atoms with E-state index in [1.807, 2.05) is 24.3 Å². The average Bonchev–Trinajstić information content (AvgIpc) is 2.24. The van der Waals surface area contributed by atoms with Crippen LogP contribution in [0.2, 0.25) is 0 Å². The number of rotatable bonds is 3. The molecule has 0 aromatic heterocycles. The molecule has 80 valence electrons. The highest BCUT2D eigenvalue weighted by Crippen LogP contribution is 2.17. The first-order valence-electron chi connectivity index (χ1n) is 5.05. The van der Waals surface area contributed by atoms with Crippen LogP contribution in [0.25, 0.3) is 0 Å². The van der Waals surface area contributed by atoms with Crippen LogP contribution in [-0.4, -0.2) is 18.3 Å². The summed E-state index contributed by atoms with van der Waals surface area (Å²) in [5.41, 5.74) is 0.826. The van der Waals surface area contributed by atoms with Gasteiger partial charge in [-0.3, -0.25) is 0 Å². The standard InChI is InChI=1S/C13H16O2/c1-11(2)10-15-13-8-4-3-6-12(13)7-5-9-14/h3-4,6,8,11,14H,9-10H2,1-2H3. The monoisotopic (exact) mass is 204 g/mol. The molecule has 0 spiro atoms. The van der Waals surface area contributed by atoms with Gasteiger partial charge in [-0.05, 0) is 18.1 Å². The van der Waals surface area contributed by atoms with Gasteiger partial charge in [0.25, 0.3) is 0 Å². The smallest absolute Gasteiger partial charge is 0.134 e. The Kier molecular flexibility index (Phi) is 4.73. The molecule has 0 saturated heterocycles. The number of hydrogen-bond donors (Lipinski definition) is 1. The van der Waals surface area contributed by atoms with Crippen LogP contribution in [0.5, 0.6) is 5.75 Å². The molecule has 2 heteroatoms. The lowest BCUT2D eigenvalue weighted by atomic mass is 10.2. The zero-order valence-corrected chi connectivity index (χ0v) is 9.16. The van der Waals surface area contributed by atoms with Crippen molar-refractivity contribution in [1.82, 2.24) is 0 Å². The topological polar surface area (TPSA) is 29.5 Å². The third kappa shape index (κ3) is 4.05. The van der Waals surface area contributed by atoms with Gasteiger partial charge in [-0.1, -0.05) is 37.8 Å². The molecule has 1 aromatic rings. The first-order chi connectivity index (χ1) is 7.24. The normalized spacial score (nSPS) is 9.60. The number of hydrogen-bond acceptors (Lipinski definition) is 2. The molecule has 0 unspecified atom stereocenters. The van der Waals surface area contributed by atoms with Crippen molar-refractivity contribution in [3.8, 4) is 17.6 Å². The van der Waals surface area contributed by atoms with E-state index in [1.165, 1.54) is 0 Å². The van der Waals surface area contributed by atoms with E-state index in [-0.39, 0.29) is 6.61 Å². The van der Waals surface area contributed by atoms with Crippen molar-refractivity contribution in [1.29, 1.82) is 0 Å². The van der Waals surface area contributed by atoms with Crippen LogP contribution < -0.4 is 4.74 Å². The van der Waals surface area contributed by atoms with Crippen LogP contribution in [0.1, 0.15) is 19.4 Å². The Balaban J connectivity index is 2.77. The maximum Gasteiger partial charge on any atom is 0.134 e. The van der Waals surface area contributed by atoms with Gasteiger partial charge in [0.1, 0.15) is 12.4 Å². The van der Waals surface area contributed by atoms with Gasteiger partial charge in [0.15, 0.2) is 0 Å². The molecule has 0 amide bonds. The molecule has 0 atom stereocenters. The minimum Gasteiger partial charge on any atom is -0.492 e. The SMILES string of the molecule is CC(C)COc1ccccc1C#CCO. The molecule has 0 aliphatic carbocycles. The molecule has 15 heavy (non-hydrogen) atoms. The van der Waals surface area contributed by atoms with Crippen molar-refractivity contribution < 1.29 is 9.84 Å². The van der Waals surface area contributed by atoms with E-state index in [4.69, 9.17) is 9.84 Å². The van der Waals surface area contributed by atoms with E-state index in [2.05, 4.69) is 25.7 Å². The second-order valence-electron chi connectivity index (χ2n) is 3.66. The zero-order valence-electron chi connectivity index (χ0n) is 9.16. The predicted octanol–water partition coefficient (Wildman–Crippen LogP) is 2.07. The van der Waals surface area contributed by atoms with Gasteiger partial charge in [0.05, 0.1) is 12.2 Å². The number of aliphatic hydroxyl groups excluding tert-OH is 1. The fourth-order valence-electron chi connectivity index (χ4n) is 1.09. The van der Waals surface area contributed by atoms with Crippen LogP contribution in [0.3, 0.4) is 0 Å². The third-order valence-corrected chi connectivity index (χ3v) is 1.76. The molecule has 1 N–H and O–H groups in total. The van der Waals surface area contributed by atoms with Gasteiger partial charge in [-0.2, -0.15) is 0 Å². The van der Waals surface area contributed by atoms with Crippen LogP contribution in [0.15, 0.2) is 24.3 Å². The molecule has 0 aliphatic heterocycles. The quantitative estimate of drug-likeness (QED) is 0.764. The largest absolute Gasteiger partial charge is 0.492 e. The Hall–Kier alpha value is -1.46. The van der Waals surface area contributed by atoms with Gasteiger partial charge >= 0.3 is 0 Å². The molecule has 0 heterocycles. The van der Waals surface area contributed by atoms with Crippen LogP contribution in [-0.2, 0) is 0 Å². The summed E-state index contributed by atoms with van der Waals surface area (Å²) in [5, 5.41) is 8.62. The minimum atomic E-state index is -0.126.